The van der Waals surface area contributed by atoms with Crippen molar-refractivity contribution in [3.63, 3.8) is 0 Å². The molecule has 1 aliphatic rings. The molecular weight excluding hydrogens is 444 g/mol. The van der Waals surface area contributed by atoms with Gasteiger partial charge in [-0.3, -0.25) is 9.59 Å². The molecule has 1 atom stereocenters. The topological polar surface area (TPSA) is 58.6 Å². The maximum atomic E-state index is 12.5. The van der Waals surface area contributed by atoms with E-state index >= 15 is 0 Å². The average Bonchev–Trinajstić information content (AvgIpc) is 2.78. The normalized spacial score (nSPS) is 14.8. The van der Waals surface area contributed by atoms with Crippen molar-refractivity contribution in [3.05, 3.63) is 58.1 Å². The Morgan fingerprint density at radius 2 is 1.80 bits per heavy atom. The molecule has 1 N–H and O–H groups in total. The Balaban J connectivity index is 1.52. The Hall–Kier alpha value is -2.34. The summed E-state index contributed by atoms with van der Waals surface area (Å²) in [6.45, 7) is 5.89. The zero-order valence-electron chi connectivity index (χ0n) is 17.6. The zero-order valence-corrected chi connectivity index (χ0v) is 19.2. The number of hydrogen-bond acceptors (Lipinski definition) is 3. The summed E-state index contributed by atoms with van der Waals surface area (Å²) in [7, 11) is 0. The van der Waals surface area contributed by atoms with Gasteiger partial charge in [0.05, 0.1) is 4.47 Å². The molecule has 0 spiro atoms. The standard InChI is InChI=1S/C24H29BrN2O3/c1-3-17(2)19-9-12-22(21(25)15-19)30-16-23(28)26-20-10-7-18(8-11-20)24(29)27-13-5-4-6-14-27/h7-12,15,17H,3-6,13-14,16H2,1-2H3,(H,26,28). The predicted molar refractivity (Wildman–Crippen MR) is 123 cm³/mol. The number of carbonyl (C=O) groups excluding carboxylic acids is 2. The Kier molecular flexibility index (Phi) is 7.91. The largest absolute Gasteiger partial charge is 0.483 e. The van der Waals surface area contributed by atoms with Crippen LogP contribution in [0.3, 0.4) is 0 Å². The molecule has 0 saturated carbocycles. The molecule has 1 aliphatic heterocycles. The van der Waals surface area contributed by atoms with Crippen molar-refractivity contribution in [1.82, 2.24) is 4.90 Å². The van der Waals surface area contributed by atoms with Gasteiger partial charge >= 0.3 is 0 Å². The number of ether oxygens (including phenoxy) is 1. The number of halogens is 1. The van der Waals surface area contributed by atoms with E-state index in [4.69, 9.17) is 4.74 Å². The van der Waals surface area contributed by atoms with Gasteiger partial charge in [0.2, 0.25) is 0 Å². The van der Waals surface area contributed by atoms with Crippen molar-refractivity contribution in [2.24, 2.45) is 0 Å². The summed E-state index contributed by atoms with van der Waals surface area (Å²) in [6.07, 6.45) is 4.39. The lowest BCUT2D eigenvalue weighted by Gasteiger charge is -2.26. The number of piperidine rings is 1. The van der Waals surface area contributed by atoms with Crippen LogP contribution in [0.25, 0.3) is 0 Å². The van der Waals surface area contributed by atoms with Gasteiger partial charge in [0.15, 0.2) is 6.61 Å². The maximum Gasteiger partial charge on any atom is 0.262 e. The highest BCUT2D eigenvalue weighted by atomic mass is 79.9. The summed E-state index contributed by atoms with van der Waals surface area (Å²) in [5, 5.41) is 2.81. The SMILES string of the molecule is CCC(C)c1ccc(OCC(=O)Nc2ccc(C(=O)N3CCCCC3)cc2)c(Br)c1. The molecule has 0 radical (unpaired) electrons. The fraction of sp³-hybridized carbons (Fsp3) is 0.417. The number of likely N-dealkylation sites (tertiary alicyclic amines) is 1. The first-order valence-corrected chi connectivity index (χ1v) is 11.4. The molecule has 0 aliphatic carbocycles. The number of nitrogens with zero attached hydrogens (tertiary/aromatic N) is 1. The third-order valence-corrected chi connectivity index (χ3v) is 6.17. The number of nitrogens with one attached hydrogen (secondary N) is 1. The van der Waals surface area contributed by atoms with Crippen LogP contribution in [-0.4, -0.2) is 36.4 Å². The molecule has 2 aromatic carbocycles. The molecule has 1 heterocycles. The molecule has 1 saturated heterocycles. The third kappa shape index (κ3) is 5.85. The zero-order chi connectivity index (χ0) is 21.5. The van der Waals surface area contributed by atoms with Crippen molar-refractivity contribution >= 4 is 33.4 Å². The van der Waals surface area contributed by atoms with Gasteiger partial charge in [-0.2, -0.15) is 0 Å². The van der Waals surface area contributed by atoms with Crippen molar-refractivity contribution in [2.75, 3.05) is 25.0 Å². The first kappa shape index (κ1) is 22.3. The van der Waals surface area contributed by atoms with Gasteiger partial charge in [0.1, 0.15) is 5.75 Å². The van der Waals surface area contributed by atoms with E-state index in [1.807, 2.05) is 23.1 Å². The lowest BCUT2D eigenvalue weighted by molar-refractivity contribution is -0.118. The Bertz CT molecular complexity index is 877. The highest BCUT2D eigenvalue weighted by Crippen LogP contribution is 2.30. The number of amides is 2. The average molecular weight is 473 g/mol. The van der Waals surface area contributed by atoms with E-state index in [9.17, 15) is 9.59 Å². The molecule has 0 aromatic heterocycles. The molecule has 2 aromatic rings. The van der Waals surface area contributed by atoms with E-state index in [1.54, 1.807) is 24.3 Å². The summed E-state index contributed by atoms with van der Waals surface area (Å²) in [4.78, 5) is 26.7. The summed E-state index contributed by atoms with van der Waals surface area (Å²) < 4.78 is 6.50. The van der Waals surface area contributed by atoms with Crippen LogP contribution < -0.4 is 10.1 Å². The second-order valence-electron chi connectivity index (χ2n) is 7.77. The second-order valence-corrected chi connectivity index (χ2v) is 8.62. The molecule has 2 amide bonds. The minimum atomic E-state index is -0.247. The van der Waals surface area contributed by atoms with E-state index in [2.05, 4.69) is 35.1 Å². The van der Waals surface area contributed by atoms with E-state index in [0.29, 0.717) is 22.9 Å². The van der Waals surface area contributed by atoms with Gasteiger partial charge in [-0.1, -0.05) is 19.9 Å². The van der Waals surface area contributed by atoms with Crippen LogP contribution >= 0.6 is 15.9 Å². The first-order chi connectivity index (χ1) is 14.5. The van der Waals surface area contributed by atoms with Gasteiger partial charge in [-0.05, 0) is 89.5 Å². The molecule has 5 nitrogen and oxygen atoms in total. The second kappa shape index (κ2) is 10.6. The highest BCUT2D eigenvalue weighted by Gasteiger charge is 2.18. The molecule has 3 rings (SSSR count). The number of benzene rings is 2. The quantitative estimate of drug-likeness (QED) is 0.569. The van der Waals surface area contributed by atoms with Gasteiger partial charge < -0.3 is 15.0 Å². The molecule has 0 bridgehead atoms. The minimum Gasteiger partial charge on any atom is -0.483 e. The Labute approximate surface area is 186 Å². The third-order valence-electron chi connectivity index (χ3n) is 5.55. The number of anilines is 1. The van der Waals surface area contributed by atoms with Crippen LogP contribution in [-0.2, 0) is 4.79 Å². The van der Waals surface area contributed by atoms with Gasteiger partial charge in [0, 0.05) is 24.3 Å². The predicted octanol–water partition coefficient (Wildman–Crippen LogP) is 5.61. The summed E-state index contributed by atoms with van der Waals surface area (Å²) in [5.41, 5.74) is 2.53. The minimum absolute atomic E-state index is 0.0570. The van der Waals surface area contributed by atoms with Crippen molar-refractivity contribution in [3.8, 4) is 5.75 Å². The van der Waals surface area contributed by atoms with Gasteiger partial charge in [-0.25, -0.2) is 0 Å². The van der Waals surface area contributed by atoms with Crippen LogP contribution in [0, 0.1) is 0 Å². The van der Waals surface area contributed by atoms with Crippen molar-refractivity contribution < 1.29 is 14.3 Å². The molecule has 1 fully saturated rings. The van der Waals surface area contributed by atoms with Gasteiger partial charge in [0.25, 0.3) is 11.8 Å². The fourth-order valence-electron chi connectivity index (χ4n) is 3.49. The van der Waals surface area contributed by atoms with E-state index in [0.717, 1.165) is 36.8 Å². The number of hydrogen-bond donors (Lipinski definition) is 1. The molecule has 6 heteroatoms. The van der Waals surface area contributed by atoms with Crippen LogP contribution in [0.5, 0.6) is 5.75 Å². The summed E-state index contributed by atoms with van der Waals surface area (Å²) >= 11 is 3.52. The van der Waals surface area contributed by atoms with Crippen LogP contribution in [0.2, 0.25) is 0 Å². The Morgan fingerprint density at radius 3 is 2.43 bits per heavy atom. The van der Waals surface area contributed by atoms with Crippen LogP contribution in [0.1, 0.15) is 61.4 Å². The fourth-order valence-corrected chi connectivity index (χ4v) is 4.00. The summed E-state index contributed by atoms with van der Waals surface area (Å²) in [5.74, 6) is 0.924. The smallest absolute Gasteiger partial charge is 0.262 e. The van der Waals surface area contributed by atoms with E-state index in [-0.39, 0.29) is 18.4 Å². The lowest BCUT2D eigenvalue weighted by Crippen LogP contribution is -2.35. The van der Waals surface area contributed by atoms with Crippen LogP contribution in [0.4, 0.5) is 5.69 Å². The maximum absolute atomic E-state index is 12.5. The summed E-state index contributed by atoms with van der Waals surface area (Å²) in [6, 6.07) is 13.0. The first-order valence-electron chi connectivity index (χ1n) is 10.6. The van der Waals surface area contributed by atoms with E-state index < -0.39 is 0 Å². The lowest BCUT2D eigenvalue weighted by atomic mass is 9.99. The number of rotatable bonds is 7. The van der Waals surface area contributed by atoms with Crippen LogP contribution in [0.15, 0.2) is 46.9 Å². The Morgan fingerprint density at radius 1 is 1.10 bits per heavy atom. The van der Waals surface area contributed by atoms with Crippen molar-refractivity contribution in [1.29, 1.82) is 0 Å². The molecule has 160 valence electrons. The van der Waals surface area contributed by atoms with Crippen molar-refractivity contribution in [2.45, 2.75) is 45.4 Å². The van der Waals surface area contributed by atoms with Gasteiger partial charge in [-0.15, -0.1) is 0 Å². The molecular formula is C24H29BrN2O3. The number of carbonyl (C=O) groups is 2. The van der Waals surface area contributed by atoms with E-state index in [1.165, 1.54) is 12.0 Å². The molecule has 30 heavy (non-hydrogen) atoms. The monoisotopic (exact) mass is 472 g/mol. The highest BCUT2D eigenvalue weighted by molar-refractivity contribution is 9.10. The molecule has 1 unspecified atom stereocenters.